The molecule has 0 radical (unpaired) electrons. The number of rotatable bonds is 6. The number of hydrogen-bond donors (Lipinski definition) is 2. The molecular weight excluding hydrogens is 312 g/mol. The molecule has 1 aliphatic rings. The zero-order valence-electron chi connectivity index (χ0n) is 13.2. The smallest absolute Gasteiger partial charge is 0.215 e. The van der Waals surface area contributed by atoms with Gasteiger partial charge in [-0.2, -0.15) is 5.10 Å². The van der Waals surface area contributed by atoms with Gasteiger partial charge in [-0.3, -0.25) is 10.00 Å². The molecular formula is C16H22N4O2S. The summed E-state index contributed by atoms with van der Waals surface area (Å²) in [4.78, 5) is 2.18. The minimum Gasteiger partial charge on any atom is -0.298 e. The van der Waals surface area contributed by atoms with E-state index in [-0.39, 0.29) is 5.25 Å². The van der Waals surface area contributed by atoms with E-state index in [1.54, 1.807) is 0 Å². The quantitative estimate of drug-likeness (QED) is 0.841. The first-order valence-electron chi connectivity index (χ1n) is 7.88. The molecule has 124 valence electrons. The fourth-order valence-corrected chi connectivity index (χ4v) is 4.50. The summed E-state index contributed by atoms with van der Waals surface area (Å²) in [6.45, 7) is 4.31. The molecule has 1 aliphatic heterocycles. The summed E-state index contributed by atoms with van der Waals surface area (Å²) in [5.41, 5.74) is 3.19. The van der Waals surface area contributed by atoms with Crippen LogP contribution in [-0.4, -0.2) is 48.4 Å². The maximum Gasteiger partial charge on any atom is 0.215 e. The lowest BCUT2D eigenvalue weighted by atomic mass is 10.1. The second kappa shape index (κ2) is 6.82. The monoisotopic (exact) mass is 334 g/mol. The van der Waals surface area contributed by atoms with Crippen molar-refractivity contribution < 1.29 is 8.42 Å². The molecule has 6 nitrogen and oxygen atoms in total. The zero-order chi connectivity index (χ0) is 16.3. The standard InChI is InChI=1S/C16H22N4O2S/c1-2-18-23(21,22)15-8-9-20(12-15)11-14-10-17-19-16(14)13-6-4-3-5-7-13/h3-7,10,15,18H,2,8-9,11-12H2,1H3,(H,17,19)/t15-/m0/s1. The van der Waals surface area contributed by atoms with Crippen LogP contribution in [0.5, 0.6) is 0 Å². The molecule has 3 rings (SSSR count). The van der Waals surface area contributed by atoms with Gasteiger partial charge in [-0.05, 0) is 18.5 Å². The van der Waals surface area contributed by atoms with Gasteiger partial charge in [-0.25, -0.2) is 13.1 Å². The van der Waals surface area contributed by atoms with E-state index in [9.17, 15) is 8.42 Å². The van der Waals surface area contributed by atoms with E-state index in [0.717, 1.165) is 23.4 Å². The van der Waals surface area contributed by atoms with Crippen molar-refractivity contribution in [1.82, 2.24) is 19.8 Å². The van der Waals surface area contributed by atoms with Crippen molar-refractivity contribution in [2.75, 3.05) is 19.6 Å². The summed E-state index contributed by atoms with van der Waals surface area (Å²) in [5, 5.41) is 6.88. The fourth-order valence-electron chi connectivity index (χ4n) is 3.04. The average Bonchev–Trinajstić information content (AvgIpc) is 3.18. The number of benzene rings is 1. The number of aromatic nitrogens is 2. The Morgan fingerprint density at radius 3 is 2.87 bits per heavy atom. The molecule has 1 atom stereocenters. The third kappa shape index (κ3) is 3.63. The highest BCUT2D eigenvalue weighted by Crippen LogP contribution is 2.24. The van der Waals surface area contributed by atoms with Crippen molar-refractivity contribution in [2.24, 2.45) is 0 Å². The van der Waals surface area contributed by atoms with Crippen LogP contribution < -0.4 is 4.72 Å². The lowest BCUT2D eigenvalue weighted by Gasteiger charge is -2.16. The van der Waals surface area contributed by atoms with Crippen LogP contribution in [-0.2, 0) is 16.6 Å². The summed E-state index contributed by atoms with van der Waals surface area (Å²) < 4.78 is 26.8. The highest BCUT2D eigenvalue weighted by molar-refractivity contribution is 7.90. The summed E-state index contributed by atoms with van der Waals surface area (Å²) in [6.07, 6.45) is 2.50. The summed E-state index contributed by atoms with van der Waals surface area (Å²) >= 11 is 0. The Hall–Kier alpha value is -1.70. The van der Waals surface area contributed by atoms with Crippen LogP contribution in [0.4, 0.5) is 0 Å². The van der Waals surface area contributed by atoms with Crippen molar-refractivity contribution in [1.29, 1.82) is 0 Å². The lowest BCUT2D eigenvalue weighted by molar-refractivity contribution is 0.331. The summed E-state index contributed by atoms with van der Waals surface area (Å²) in [6, 6.07) is 10.1. The van der Waals surface area contributed by atoms with Gasteiger partial charge < -0.3 is 0 Å². The lowest BCUT2D eigenvalue weighted by Crippen LogP contribution is -2.36. The Kier molecular flexibility index (Phi) is 4.79. The van der Waals surface area contributed by atoms with Crippen molar-refractivity contribution in [3.05, 3.63) is 42.1 Å². The van der Waals surface area contributed by atoms with E-state index in [0.29, 0.717) is 26.1 Å². The third-order valence-electron chi connectivity index (χ3n) is 4.19. The van der Waals surface area contributed by atoms with Gasteiger partial charge in [0.1, 0.15) is 0 Å². The number of nitrogens with one attached hydrogen (secondary N) is 2. The number of likely N-dealkylation sites (tertiary alicyclic amines) is 1. The topological polar surface area (TPSA) is 78.1 Å². The number of nitrogens with zero attached hydrogens (tertiary/aromatic N) is 2. The molecule has 0 amide bonds. The van der Waals surface area contributed by atoms with Crippen LogP contribution in [0, 0.1) is 0 Å². The first-order chi connectivity index (χ1) is 11.1. The fraction of sp³-hybridized carbons (Fsp3) is 0.438. The first-order valence-corrected chi connectivity index (χ1v) is 9.43. The molecule has 0 saturated carbocycles. The van der Waals surface area contributed by atoms with Crippen LogP contribution in [0.3, 0.4) is 0 Å². The van der Waals surface area contributed by atoms with Crippen LogP contribution in [0.15, 0.2) is 36.5 Å². The van der Waals surface area contributed by atoms with Crippen molar-refractivity contribution in [3.8, 4) is 11.3 Å². The Morgan fingerprint density at radius 1 is 1.35 bits per heavy atom. The molecule has 0 aliphatic carbocycles. The van der Waals surface area contributed by atoms with Crippen molar-refractivity contribution in [2.45, 2.75) is 25.1 Å². The molecule has 1 saturated heterocycles. The molecule has 7 heteroatoms. The highest BCUT2D eigenvalue weighted by Gasteiger charge is 2.32. The number of aromatic amines is 1. The van der Waals surface area contributed by atoms with Crippen LogP contribution in [0.25, 0.3) is 11.3 Å². The molecule has 1 aromatic heterocycles. The van der Waals surface area contributed by atoms with Crippen LogP contribution in [0.1, 0.15) is 18.9 Å². The van der Waals surface area contributed by atoms with E-state index < -0.39 is 10.0 Å². The Labute approximate surface area is 137 Å². The Balaban J connectivity index is 1.69. The normalized spacial score (nSPS) is 19.3. The molecule has 2 aromatic rings. The maximum atomic E-state index is 12.1. The zero-order valence-corrected chi connectivity index (χ0v) is 14.0. The predicted octanol–water partition coefficient (Wildman–Crippen LogP) is 1.59. The van der Waals surface area contributed by atoms with Gasteiger partial charge in [0.2, 0.25) is 10.0 Å². The van der Waals surface area contributed by atoms with Gasteiger partial charge in [0.05, 0.1) is 17.1 Å². The van der Waals surface area contributed by atoms with E-state index in [2.05, 4.69) is 19.8 Å². The highest BCUT2D eigenvalue weighted by atomic mass is 32.2. The summed E-state index contributed by atoms with van der Waals surface area (Å²) in [7, 11) is -3.20. The molecule has 2 heterocycles. The van der Waals surface area contributed by atoms with Gasteiger partial charge in [0.25, 0.3) is 0 Å². The van der Waals surface area contributed by atoms with Crippen LogP contribution >= 0.6 is 0 Å². The molecule has 2 N–H and O–H groups in total. The van der Waals surface area contributed by atoms with E-state index in [1.165, 1.54) is 0 Å². The SMILES string of the molecule is CCNS(=O)(=O)[C@H]1CCN(Cc2cn[nH]c2-c2ccccc2)C1. The molecule has 23 heavy (non-hydrogen) atoms. The third-order valence-corrected chi connectivity index (χ3v) is 6.14. The van der Waals surface area contributed by atoms with Gasteiger partial charge in [-0.15, -0.1) is 0 Å². The van der Waals surface area contributed by atoms with E-state index in [4.69, 9.17) is 0 Å². The second-order valence-electron chi connectivity index (χ2n) is 5.82. The maximum absolute atomic E-state index is 12.1. The minimum atomic E-state index is -3.20. The van der Waals surface area contributed by atoms with Crippen molar-refractivity contribution >= 4 is 10.0 Å². The van der Waals surface area contributed by atoms with E-state index >= 15 is 0 Å². The largest absolute Gasteiger partial charge is 0.298 e. The van der Waals surface area contributed by atoms with E-state index in [1.807, 2.05) is 43.5 Å². The van der Waals surface area contributed by atoms with Gasteiger partial charge in [-0.1, -0.05) is 37.3 Å². The Bertz CT molecular complexity index is 742. The molecule has 0 unspecified atom stereocenters. The van der Waals surface area contributed by atoms with Crippen molar-refractivity contribution in [3.63, 3.8) is 0 Å². The first kappa shape index (κ1) is 16.2. The van der Waals surface area contributed by atoms with Gasteiger partial charge >= 0.3 is 0 Å². The molecule has 0 bridgehead atoms. The molecule has 1 fully saturated rings. The summed E-state index contributed by atoms with van der Waals surface area (Å²) in [5.74, 6) is 0. The van der Waals surface area contributed by atoms with Gasteiger partial charge in [0, 0.05) is 25.2 Å². The number of sulfonamides is 1. The average molecular weight is 334 g/mol. The number of H-pyrrole nitrogens is 1. The number of hydrogen-bond acceptors (Lipinski definition) is 4. The second-order valence-corrected chi connectivity index (χ2v) is 7.87. The molecule has 1 aromatic carbocycles. The predicted molar refractivity (Wildman–Crippen MR) is 90.3 cm³/mol. The minimum absolute atomic E-state index is 0.325. The van der Waals surface area contributed by atoms with Crippen LogP contribution in [0.2, 0.25) is 0 Å². The molecule has 0 spiro atoms. The Morgan fingerprint density at radius 2 is 2.13 bits per heavy atom. The van der Waals surface area contributed by atoms with Gasteiger partial charge in [0.15, 0.2) is 0 Å².